The standard InChI is InChI=1S/C50H36N2.C44H32N2.C40H31N/c1-31-22-25-39-41(28-31)47(34-23-26-43-40(29-34)36-18-12-13-21-42(36)50(43,2)3)38-20-11-10-19-37(38)46(39)35-24-27-44-45(30-35)52-49(33-16-8-5-9-17-33)48(51-44)32-14-6-4-7-15-32;1-27-21-23-33-35(25-27)40(29-22-24-37-34(26-29)30-15-9-10-18-36(30)44(37,2)3)31-16-7-8-17-32(31)41(33)43-42(28-13-5-4-6-14-28)45-38-19-11-12-20-39(38)46-43;1-24-13-18-32-34(21-24)39(28-16-19-36-33(23-28)29-9-7-8-12-35(29)40(36,3)4)31-11-6-5-10-30(31)38(32)27-17-20-37-26(22-27)15-14-25(2)41-37/h4-30H,1-3H3;4-26H,1-3H3;5-23H,1-4H3. The second-order valence-corrected chi connectivity index (χ2v) is 39.8. The number of para-hydroxylation sites is 2. The highest BCUT2D eigenvalue weighted by Gasteiger charge is 2.39. The number of nitrogens with zero attached hydrogens (tertiary/aromatic N) is 5. The molecule has 3 aliphatic carbocycles. The molecule has 0 atom stereocenters. The fourth-order valence-electron chi connectivity index (χ4n) is 23.5. The van der Waals surface area contributed by atoms with Crippen LogP contribution in [0.2, 0.25) is 0 Å². The molecule has 3 aromatic heterocycles. The predicted octanol–water partition coefficient (Wildman–Crippen LogP) is 35.6. The molecule has 24 aromatic rings. The highest BCUT2D eigenvalue weighted by atomic mass is 14.8. The highest BCUT2D eigenvalue weighted by Crippen LogP contribution is 2.57. The van der Waals surface area contributed by atoms with Crippen molar-refractivity contribution in [3.05, 3.63) is 474 Å². The first-order valence-electron chi connectivity index (χ1n) is 48.6. The maximum Gasteiger partial charge on any atom is 0.0985 e. The van der Waals surface area contributed by atoms with E-state index in [2.05, 4.69) is 457 Å². The largest absolute Gasteiger partial charge is 0.253 e. The summed E-state index contributed by atoms with van der Waals surface area (Å²) in [6.07, 6.45) is 0. The molecule has 0 radical (unpaired) electrons. The molecule has 139 heavy (non-hydrogen) atoms. The molecule has 0 unspecified atom stereocenters. The fourth-order valence-corrected chi connectivity index (χ4v) is 23.5. The Bertz CT molecular complexity index is 9260. The van der Waals surface area contributed by atoms with Gasteiger partial charge in [0.1, 0.15) is 0 Å². The van der Waals surface area contributed by atoms with E-state index in [9.17, 15) is 0 Å². The first kappa shape index (κ1) is 84.0. The summed E-state index contributed by atoms with van der Waals surface area (Å²) in [6, 6.07) is 153. The quantitative estimate of drug-likeness (QED) is 0.135. The first-order chi connectivity index (χ1) is 67.8. The van der Waals surface area contributed by atoms with Crippen LogP contribution in [0.5, 0.6) is 0 Å². The zero-order chi connectivity index (χ0) is 93.8. The molecule has 660 valence electrons. The Hall–Kier alpha value is -16.7. The molecule has 0 fully saturated rings. The van der Waals surface area contributed by atoms with E-state index in [-0.39, 0.29) is 16.2 Å². The van der Waals surface area contributed by atoms with Gasteiger partial charge in [0.05, 0.1) is 50.4 Å². The molecular weight excluding hydrogens is 1680 g/mol. The molecule has 5 nitrogen and oxygen atoms in total. The molecule has 21 aromatic carbocycles. The number of aryl methyl sites for hydroxylation is 4. The van der Waals surface area contributed by atoms with Gasteiger partial charge in [-0.25, -0.2) is 19.9 Å². The summed E-state index contributed by atoms with van der Waals surface area (Å²) in [7, 11) is 0. The minimum Gasteiger partial charge on any atom is -0.253 e. The maximum atomic E-state index is 5.37. The molecule has 3 aliphatic rings. The van der Waals surface area contributed by atoms with Crippen molar-refractivity contribution in [2.24, 2.45) is 0 Å². The van der Waals surface area contributed by atoms with Gasteiger partial charge in [-0.3, -0.25) is 4.98 Å². The lowest BCUT2D eigenvalue weighted by Crippen LogP contribution is -2.14. The summed E-state index contributed by atoms with van der Waals surface area (Å²) in [5.41, 5.74) is 46.1. The third-order valence-corrected chi connectivity index (χ3v) is 30.2. The predicted molar refractivity (Wildman–Crippen MR) is 586 cm³/mol. The van der Waals surface area contributed by atoms with Gasteiger partial charge in [-0.15, -0.1) is 0 Å². The SMILES string of the molecule is Cc1ccc2c(-c3ccc4nc(-c5ccccc5)c(-c5ccccc5)nc4c3)c3ccccc3c(-c3ccc4c(c3)-c3ccccc3C4(C)C)c2c1.Cc1ccc2c(-c3ccc4nc(C)ccc4c3)c3ccccc3c(-c3ccc4c(c3)-c3ccccc3C4(C)C)c2c1.Cc1ccc2c(-c3nc4ccccc4nc3-c3ccccc3)c3ccccc3c(-c3ccc4c(c3)-c3ccccc3C4(C)C)c2c1. The molecule has 0 bridgehead atoms. The molecule has 0 spiro atoms. The van der Waals surface area contributed by atoms with E-state index in [4.69, 9.17) is 24.9 Å². The highest BCUT2D eigenvalue weighted by molar-refractivity contribution is 6.26. The van der Waals surface area contributed by atoms with E-state index in [1.165, 1.54) is 204 Å². The number of fused-ring (bicyclic) bond motifs is 18. The van der Waals surface area contributed by atoms with Gasteiger partial charge < -0.3 is 0 Å². The van der Waals surface area contributed by atoms with Gasteiger partial charge in [-0.1, -0.05) is 416 Å². The third kappa shape index (κ3) is 13.8. The van der Waals surface area contributed by atoms with Crippen LogP contribution in [0.4, 0.5) is 0 Å². The number of pyridine rings is 1. The molecule has 3 heterocycles. The van der Waals surface area contributed by atoms with Crippen molar-refractivity contribution in [2.45, 2.75) is 85.5 Å². The maximum absolute atomic E-state index is 5.37. The fraction of sp³-hybridized carbons (Fsp3) is 0.0970. The molecule has 0 saturated carbocycles. The first-order valence-corrected chi connectivity index (χ1v) is 48.6. The van der Waals surface area contributed by atoms with Crippen molar-refractivity contribution in [1.82, 2.24) is 24.9 Å². The van der Waals surface area contributed by atoms with Gasteiger partial charge in [0, 0.05) is 49.6 Å². The van der Waals surface area contributed by atoms with Gasteiger partial charge >= 0.3 is 0 Å². The van der Waals surface area contributed by atoms with Crippen LogP contribution in [0.3, 0.4) is 0 Å². The van der Waals surface area contributed by atoms with Crippen molar-refractivity contribution in [3.63, 3.8) is 0 Å². The molecular formula is C134H99N5. The Balaban J connectivity index is 0.000000111. The van der Waals surface area contributed by atoms with E-state index in [1.54, 1.807) is 0 Å². The second-order valence-electron chi connectivity index (χ2n) is 39.8. The molecule has 0 saturated heterocycles. The summed E-state index contributed by atoms with van der Waals surface area (Å²) in [5, 5.41) is 16.1. The van der Waals surface area contributed by atoms with Crippen LogP contribution in [0.1, 0.15) is 97.3 Å². The van der Waals surface area contributed by atoms with Gasteiger partial charge in [0.25, 0.3) is 0 Å². The Morgan fingerprint density at radius 2 is 0.432 bits per heavy atom. The summed E-state index contributed by atoms with van der Waals surface area (Å²) in [6.45, 7) is 22.7. The Labute approximate surface area is 810 Å². The molecule has 0 aliphatic heterocycles. The smallest absolute Gasteiger partial charge is 0.0985 e. The number of benzene rings is 21. The lowest BCUT2D eigenvalue weighted by Gasteiger charge is -2.22. The summed E-state index contributed by atoms with van der Waals surface area (Å²) >= 11 is 0. The average Bonchev–Trinajstić information content (AvgIpc) is 1.69. The van der Waals surface area contributed by atoms with E-state index in [0.717, 1.165) is 83.9 Å². The number of aromatic nitrogens is 5. The van der Waals surface area contributed by atoms with Gasteiger partial charge in [0.2, 0.25) is 0 Å². The van der Waals surface area contributed by atoms with Gasteiger partial charge in [0.15, 0.2) is 0 Å². The zero-order valence-corrected chi connectivity index (χ0v) is 79.6. The number of hydrogen-bond acceptors (Lipinski definition) is 5. The third-order valence-electron chi connectivity index (χ3n) is 30.2. The second kappa shape index (κ2) is 32.8. The topological polar surface area (TPSA) is 64.5 Å². The minimum absolute atomic E-state index is 0.00147. The number of rotatable bonds is 9. The summed E-state index contributed by atoms with van der Waals surface area (Å²) in [4.78, 5) is 26.0. The van der Waals surface area contributed by atoms with Crippen LogP contribution in [0, 0.1) is 27.7 Å². The summed E-state index contributed by atoms with van der Waals surface area (Å²) < 4.78 is 0. The molecule has 27 rings (SSSR count). The van der Waals surface area contributed by atoms with Crippen LogP contribution in [-0.2, 0) is 16.2 Å². The molecule has 0 amide bonds. The Morgan fingerprint density at radius 1 is 0.158 bits per heavy atom. The average molecular weight is 1780 g/mol. The normalized spacial score (nSPS) is 13.3. The van der Waals surface area contributed by atoms with Gasteiger partial charge in [-0.2, -0.15) is 0 Å². The zero-order valence-electron chi connectivity index (χ0n) is 79.6. The van der Waals surface area contributed by atoms with Crippen molar-refractivity contribution in [2.75, 3.05) is 0 Å². The number of hydrogen-bond donors (Lipinski definition) is 0. The van der Waals surface area contributed by atoms with Crippen LogP contribution < -0.4 is 0 Å². The lowest BCUT2D eigenvalue weighted by molar-refractivity contribution is 0.660. The lowest BCUT2D eigenvalue weighted by atomic mass is 9.81. The van der Waals surface area contributed by atoms with Crippen molar-refractivity contribution >= 4 is 97.6 Å². The van der Waals surface area contributed by atoms with Crippen LogP contribution >= 0.6 is 0 Å². The van der Waals surface area contributed by atoms with Crippen molar-refractivity contribution < 1.29 is 0 Å². The minimum atomic E-state index is -0.0315. The molecule has 5 heteroatoms. The monoisotopic (exact) mass is 1780 g/mol. The van der Waals surface area contributed by atoms with E-state index in [1.807, 2.05) is 31.2 Å². The Kier molecular flexibility index (Phi) is 19.8. The van der Waals surface area contributed by atoms with Crippen molar-refractivity contribution in [1.29, 1.82) is 0 Å². The van der Waals surface area contributed by atoms with Crippen molar-refractivity contribution in [3.8, 4) is 134 Å². The van der Waals surface area contributed by atoms with Crippen LogP contribution in [0.15, 0.2) is 419 Å². The van der Waals surface area contributed by atoms with Crippen LogP contribution in [-0.4, -0.2) is 24.9 Å². The van der Waals surface area contributed by atoms with E-state index < -0.39 is 0 Å². The van der Waals surface area contributed by atoms with Gasteiger partial charge in [-0.05, 0) is 275 Å². The van der Waals surface area contributed by atoms with E-state index >= 15 is 0 Å². The summed E-state index contributed by atoms with van der Waals surface area (Å²) in [5.74, 6) is 0. The van der Waals surface area contributed by atoms with Crippen LogP contribution in [0.25, 0.3) is 232 Å². The Morgan fingerprint density at radius 3 is 0.827 bits per heavy atom. The van der Waals surface area contributed by atoms with E-state index in [0.29, 0.717) is 0 Å². The molecule has 0 N–H and O–H groups in total.